The predicted octanol–water partition coefficient (Wildman–Crippen LogP) is 3.01. The molecule has 0 unspecified atom stereocenters. The number of carbonyl (C=O) groups excluding carboxylic acids is 1. The van der Waals surface area contributed by atoms with Gasteiger partial charge in [-0.05, 0) is 24.1 Å². The van der Waals surface area contributed by atoms with Crippen LogP contribution < -0.4 is 10.1 Å². The van der Waals surface area contributed by atoms with E-state index in [4.69, 9.17) is 4.74 Å². The highest BCUT2D eigenvalue weighted by Crippen LogP contribution is 2.20. The number of nitrogens with one attached hydrogen (secondary N) is 1. The molecule has 0 saturated heterocycles. The van der Waals surface area contributed by atoms with Gasteiger partial charge in [0.05, 0.1) is 0 Å². The van der Waals surface area contributed by atoms with Crippen LogP contribution >= 0.6 is 0 Å². The molecule has 5 nitrogen and oxygen atoms in total. The first-order valence-electron chi connectivity index (χ1n) is 8.15. The van der Waals surface area contributed by atoms with E-state index in [2.05, 4.69) is 10.3 Å². The molecular weight excluding hydrogens is 314 g/mol. The largest absolute Gasteiger partial charge is 0.484 e. The van der Waals surface area contributed by atoms with Gasteiger partial charge in [0.25, 0.3) is 5.91 Å². The molecule has 1 heterocycles. The van der Waals surface area contributed by atoms with Gasteiger partial charge in [-0.2, -0.15) is 0 Å². The number of ether oxygens (including phenoxy) is 1. The zero-order valence-corrected chi connectivity index (χ0v) is 14.3. The van der Waals surface area contributed by atoms with Crippen LogP contribution in [0, 0.1) is 6.92 Å². The van der Waals surface area contributed by atoms with Gasteiger partial charge in [-0.3, -0.25) is 4.79 Å². The first kappa shape index (κ1) is 16.8. The van der Waals surface area contributed by atoms with E-state index in [0.29, 0.717) is 5.75 Å². The molecule has 0 bridgehead atoms. The molecular formula is C20H21N3O2. The molecule has 3 rings (SSSR count). The molecule has 1 amide bonds. The predicted molar refractivity (Wildman–Crippen MR) is 96.3 cm³/mol. The number of nitrogens with zero attached hydrogens (tertiary/aromatic N) is 2. The molecule has 2 aromatic carbocycles. The molecule has 1 atom stereocenters. The Kier molecular flexibility index (Phi) is 5.14. The van der Waals surface area contributed by atoms with Crippen LogP contribution in [-0.4, -0.2) is 22.1 Å². The van der Waals surface area contributed by atoms with Gasteiger partial charge in [-0.1, -0.05) is 48.5 Å². The van der Waals surface area contributed by atoms with Crippen molar-refractivity contribution in [2.75, 3.05) is 6.61 Å². The minimum atomic E-state index is -0.325. The van der Waals surface area contributed by atoms with Crippen molar-refractivity contribution < 1.29 is 9.53 Å². The van der Waals surface area contributed by atoms with Gasteiger partial charge >= 0.3 is 0 Å². The molecule has 0 saturated carbocycles. The van der Waals surface area contributed by atoms with Crippen molar-refractivity contribution in [2.45, 2.75) is 13.0 Å². The van der Waals surface area contributed by atoms with Gasteiger partial charge in [0.15, 0.2) is 6.61 Å². The van der Waals surface area contributed by atoms with E-state index >= 15 is 0 Å². The summed E-state index contributed by atoms with van der Waals surface area (Å²) in [6.07, 6.45) is 3.59. The van der Waals surface area contributed by atoms with Crippen LogP contribution in [0.15, 0.2) is 67.0 Å². The smallest absolute Gasteiger partial charge is 0.258 e. The van der Waals surface area contributed by atoms with Crippen molar-refractivity contribution in [3.05, 3.63) is 83.9 Å². The minimum absolute atomic E-state index is 0.0430. The Bertz CT molecular complexity index is 843. The van der Waals surface area contributed by atoms with Crippen LogP contribution in [0.5, 0.6) is 5.75 Å². The summed E-state index contributed by atoms with van der Waals surface area (Å²) in [5.41, 5.74) is 1.97. The van der Waals surface area contributed by atoms with Gasteiger partial charge in [0.1, 0.15) is 17.6 Å². The Hall–Kier alpha value is -3.08. The molecule has 128 valence electrons. The second-order valence-electron chi connectivity index (χ2n) is 5.86. The van der Waals surface area contributed by atoms with Crippen LogP contribution in [0.3, 0.4) is 0 Å². The van der Waals surface area contributed by atoms with Crippen molar-refractivity contribution >= 4 is 5.91 Å². The lowest BCUT2D eigenvalue weighted by Crippen LogP contribution is -2.34. The third kappa shape index (κ3) is 4.07. The number of amides is 1. The number of carbonyl (C=O) groups is 1. The average molecular weight is 335 g/mol. The summed E-state index contributed by atoms with van der Waals surface area (Å²) < 4.78 is 7.55. The normalized spacial score (nSPS) is 11.8. The Morgan fingerprint density at radius 3 is 2.56 bits per heavy atom. The molecule has 1 N–H and O–H groups in total. The summed E-state index contributed by atoms with van der Waals surface area (Å²) in [6.45, 7) is 1.91. The molecule has 0 aliphatic rings. The van der Waals surface area contributed by atoms with E-state index in [1.165, 1.54) is 0 Å². The van der Waals surface area contributed by atoms with E-state index in [-0.39, 0.29) is 18.6 Å². The van der Waals surface area contributed by atoms with Gasteiger partial charge in [0.2, 0.25) is 0 Å². The second-order valence-corrected chi connectivity index (χ2v) is 5.86. The van der Waals surface area contributed by atoms with Crippen LogP contribution in [0.2, 0.25) is 0 Å². The topological polar surface area (TPSA) is 56.1 Å². The number of hydrogen-bond acceptors (Lipinski definition) is 3. The third-order valence-corrected chi connectivity index (χ3v) is 4.01. The van der Waals surface area contributed by atoms with Crippen molar-refractivity contribution in [2.24, 2.45) is 7.05 Å². The standard InChI is InChI=1S/C20H21N3O2/c1-15-8-6-7-11-17(15)25-14-18(24)22-19(16-9-4-3-5-10-16)20-21-12-13-23(20)2/h3-13,19H,14H2,1-2H3,(H,22,24)/t19-/m0/s1. The number of aryl methyl sites for hydroxylation is 2. The summed E-state index contributed by atoms with van der Waals surface area (Å²) in [5, 5.41) is 3.02. The van der Waals surface area contributed by atoms with Crippen LogP contribution in [0.4, 0.5) is 0 Å². The van der Waals surface area contributed by atoms with Gasteiger partial charge < -0.3 is 14.6 Å². The summed E-state index contributed by atoms with van der Waals surface area (Å²) in [4.78, 5) is 16.8. The van der Waals surface area contributed by atoms with Gasteiger partial charge in [0, 0.05) is 19.4 Å². The lowest BCUT2D eigenvalue weighted by atomic mass is 10.1. The average Bonchev–Trinajstić information content (AvgIpc) is 3.05. The van der Waals surface area contributed by atoms with E-state index in [9.17, 15) is 4.79 Å². The molecule has 0 radical (unpaired) electrons. The van der Waals surface area contributed by atoms with Crippen LogP contribution in [0.1, 0.15) is 23.0 Å². The number of rotatable bonds is 6. The summed E-state index contributed by atoms with van der Waals surface area (Å²) in [5.74, 6) is 1.29. The summed E-state index contributed by atoms with van der Waals surface area (Å²) in [7, 11) is 1.91. The minimum Gasteiger partial charge on any atom is -0.484 e. The first-order chi connectivity index (χ1) is 12.1. The Morgan fingerprint density at radius 1 is 1.16 bits per heavy atom. The van der Waals surface area contributed by atoms with Crippen molar-refractivity contribution in [3.8, 4) is 5.75 Å². The lowest BCUT2D eigenvalue weighted by molar-refractivity contribution is -0.123. The Labute approximate surface area is 147 Å². The van der Waals surface area contributed by atoms with E-state index < -0.39 is 0 Å². The number of aromatic nitrogens is 2. The molecule has 5 heteroatoms. The summed E-state index contributed by atoms with van der Waals surface area (Å²) >= 11 is 0. The van der Waals surface area contributed by atoms with E-state index in [1.54, 1.807) is 6.20 Å². The fraction of sp³-hybridized carbons (Fsp3) is 0.200. The maximum atomic E-state index is 12.4. The number of para-hydroxylation sites is 1. The van der Waals surface area contributed by atoms with Crippen molar-refractivity contribution in [1.82, 2.24) is 14.9 Å². The quantitative estimate of drug-likeness (QED) is 0.753. The van der Waals surface area contributed by atoms with Crippen LogP contribution in [0.25, 0.3) is 0 Å². The Morgan fingerprint density at radius 2 is 1.88 bits per heavy atom. The molecule has 0 fully saturated rings. The van der Waals surface area contributed by atoms with E-state index in [1.807, 2.05) is 79.3 Å². The number of imidazole rings is 1. The van der Waals surface area contributed by atoms with Gasteiger partial charge in [-0.15, -0.1) is 0 Å². The maximum absolute atomic E-state index is 12.4. The van der Waals surface area contributed by atoms with Gasteiger partial charge in [-0.25, -0.2) is 4.98 Å². The van der Waals surface area contributed by atoms with Crippen molar-refractivity contribution in [1.29, 1.82) is 0 Å². The number of benzene rings is 2. The molecule has 25 heavy (non-hydrogen) atoms. The highest BCUT2D eigenvalue weighted by molar-refractivity contribution is 5.78. The molecule has 0 aliphatic carbocycles. The SMILES string of the molecule is Cc1ccccc1OCC(=O)N[C@@H](c1ccccc1)c1nccn1C. The monoisotopic (exact) mass is 335 g/mol. The fourth-order valence-corrected chi connectivity index (χ4v) is 2.66. The lowest BCUT2D eigenvalue weighted by Gasteiger charge is -2.19. The molecule has 1 aromatic heterocycles. The maximum Gasteiger partial charge on any atom is 0.258 e. The second kappa shape index (κ2) is 7.66. The zero-order chi connectivity index (χ0) is 17.6. The fourth-order valence-electron chi connectivity index (χ4n) is 2.66. The molecule has 0 aliphatic heterocycles. The first-order valence-corrected chi connectivity index (χ1v) is 8.15. The highest BCUT2D eigenvalue weighted by atomic mass is 16.5. The third-order valence-electron chi connectivity index (χ3n) is 4.01. The molecule has 3 aromatic rings. The van der Waals surface area contributed by atoms with Crippen LogP contribution in [-0.2, 0) is 11.8 Å². The zero-order valence-electron chi connectivity index (χ0n) is 14.3. The highest BCUT2D eigenvalue weighted by Gasteiger charge is 2.20. The summed E-state index contributed by atoms with van der Waals surface area (Å²) in [6, 6.07) is 17.1. The number of hydrogen-bond donors (Lipinski definition) is 1. The van der Waals surface area contributed by atoms with Crippen molar-refractivity contribution in [3.63, 3.8) is 0 Å². The van der Waals surface area contributed by atoms with E-state index in [0.717, 1.165) is 17.0 Å². The Balaban J connectivity index is 1.73. The molecule has 0 spiro atoms.